The van der Waals surface area contributed by atoms with Crippen LogP contribution in [0.15, 0.2) is 41.7 Å². The van der Waals surface area contributed by atoms with Crippen LogP contribution in [-0.2, 0) is 17.7 Å². The lowest BCUT2D eigenvalue weighted by Gasteiger charge is -2.23. The molecule has 1 aromatic heterocycles. The Hall–Kier alpha value is -2.61. The van der Waals surface area contributed by atoms with Crippen molar-refractivity contribution in [3.05, 3.63) is 42.5 Å². The highest BCUT2D eigenvalue weighted by Gasteiger charge is 2.08. The Morgan fingerprint density at radius 2 is 2.07 bits per heavy atom. The summed E-state index contributed by atoms with van der Waals surface area (Å²) < 4.78 is 13.0. The second kappa shape index (κ2) is 12.7. The summed E-state index contributed by atoms with van der Waals surface area (Å²) in [6, 6.07) is 9.84. The highest BCUT2D eigenvalue weighted by Crippen LogP contribution is 2.07. The minimum atomic E-state index is 0.588. The fourth-order valence-electron chi connectivity index (χ4n) is 2.66. The van der Waals surface area contributed by atoms with Crippen molar-refractivity contribution in [2.45, 2.75) is 26.3 Å². The molecule has 0 radical (unpaired) electrons. The second-order valence-corrected chi connectivity index (χ2v) is 6.36. The Bertz CT molecular complexity index is 689. The third-order valence-electron chi connectivity index (χ3n) is 4.22. The third kappa shape index (κ3) is 7.56. The molecule has 1 N–H and O–H groups in total. The minimum Gasteiger partial charge on any atom is -0.492 e. The van der Waals surface area contributed by atoms with Crippen molar-refractivity contribution in [2.75, 3.05) is 47.0 Å². The first-order valence-corrected chi connectivity index (χ1v) is 9.77. The monoisotopic (exact) mass is 388 g/mol. The van der Waals surface area contributed by atoms with Gasteiger partial charge in [0, 0.05) is 46.8 Å². The first kappa shape index (κ1) is 21.7. The number of benzene rings is 1. The molecule has 0 atom stereocenters. The highest BCUT2D eigenvalue weighted by atomic mass is 16.5. The molecule has 1 aromatic carbocycles. The molecule has 2 aromatic rings. The standard InChI is InChI=1S/C20H32N6O2/c1-4-19-24-23-17-26(19)13-12-22-20(21-11-8-15-27-3)25(2)14-16-28-18-9-6-5-7-10-18/h5-7,9-10,17H,4,8,11-16H2,1-3H3,(H,21,22). The molecule has 0 aliphatic heterocycles. The second-order valence-electron chi connectivity index (χ2n) is 6.36. The maximum atomic E-state index is 5.80. The summed E-state index contributed by atoms with van der Waals surface area (Å²) in [5, 5.41) is 11.5. The van der Waals surface area contributed by atoms with Gasteiger partial charge in [0.15, 0.2) is 5.96 Å². The molecule has 154 valence electrons. The fraction of sp³-hybridized carbons (Fsp3) is 0.550. The summed E-state index contributed by atoms with van der Waals surface area (Å²) in [5.74, 6) is 2.73. The zero-order chi connectivity index (χ0) is 20.0. The number of hydrogen-bond donors (Lipinski definition) is 1. The number of rotatable bonds is 12. The number of hydrogen-bond acceptors (Lipinski definition) is 5. The van der Waals surface area contributed by atoms with E-state index in [4.69, 9.17) is 14.5 Å². The van der Waals surface area contributed by atoms with Crippen molar-refractivity contribution >= 4 is 5.96 Å². The van der Waals surface area contributed by atoms with Crippen LogP contribution < -0.4 is 10.1 Å². The maximum absolute atomic E-state index is 5.80. The summed E-state index contributed by atoms with van der Waals surface area (Å²) in [7, 11) is 3.73. The highest BCUT2D eigenvalue weighted by molar-refractivity contribution is 5.79. The number of para-hydroxylation sites is 1. The Morgan fingerprint density at radius 1 is 1.25 bits per heavy atom. The lowest BCUT2D eigenvalue weighted by atomic mass is 10.3. The van der Waals surface area contributed by atoms with Gasteiger partial charge in [-0.25, -0.2) is 0 Å². The number of nitrogens with zero attached hydrogens (tertiary/aromatic N) is 5. The number of nitrogens with one attached hydrogen (secondary N) is 1. The lowest BCUT2D eigenvalue weighted by Crippen LogP contribution is -2.42. The maximum Gasteiger partial charge on any atom is 0.193 e. The lowest BCUT2D eigenvalue weighted by molar-refractivity contribution is 0.197. The van der Waals surface area contributed by atoms with E-state index in [2.05, 4.69) is 31.9 Å². The normalized spacial score (nSPS) is 11.5. The predicted molar refractivity (Wildman–Crippen MR) is 111 cm³/mol. The van der Waals surface area contributed by atoms with Gasteiger partial charge >= 0.3 is 0 Å². The van der Waals surface area contributed by atoms with E-state index in [9.17, 15) is 0 Å². The molecule has 28 heavy (non-hydrogen) atoms. The van der Waals surface area contributed by atoms with Crippen LogP contribution >= 0.6 is 0 Å². The first-order chi connectivity index (χ1) is 13.7. The number of likely N-dealkylation sites (N-methyl/N-ethyl adjacent to an activating group) is 1. The van der Waals surface area contributed by atoms with E-state index in [1.54, 1.807) is 13.4 Å². The van der Waals surface area contributed by atoms with Gasteiger partial charge in [0.1, 0.15) is 24.5 Å². The molecule has 8 nitrogen and oxygen atoms in total. The topological polar surface area (TPSA) is 76.8 Å². The number of ether oxygens (including phenoxy) is 2. The SMILES string of the molecule is CCc1nncn1CCNC(=NCCCOC)N(C)CCOc1ccccc1. The Morgan fingerprint density at radius 3 is 2.82 bits per heavy atom. The van der Waals surface area contributed by atoms with Crippen LogP contribution in [-0.4, -0.2) is 72.6 Å². The van der Waals surface area contributed by atoms with Gasteiger partial charge < -0.3 is 24.3 Å². The average Bonchev–Trinajstić information content (AvgIpc) is 3.18. The predicted octanol–water partition coefficient (Wildman–Crippen LogP) is 1.83. The fourth-order valence-corrected chi connectivity index (χ4v) is 2.66. The van der Waals surface area contributed by atoms with Gasteiger partial charge in [-0.2, -0.15) is 0 Å². The van der Waals surface area contributed by atoms with E-state index in [1.165, 1.54) is 0 Å². The van der Waals surface area contributed by atoms with Crippen LogP contribution in [0.3, 0.4) is 0 Å². The van der Waals surface area contributed by atoms with E-state index < -0.39 is 0 Å². The summed E-state index contributed by atoms with van der Waals surface area (Å²) in [4.78, 5) is 6.79. The van der Waals surface area contributed by atoms with Crippen molar-refractivity contribution in [3.63, 3.8) is 0 Å². The molecule has 0 bridgehead atoms. The van der Waals surface area contributed by atoms with Crippen LogP contribution in [0.1, 0.15) is 19.2 Å². The van der Waals surface area contributed by atoms with Gasteiger partial charge in [0.05, 0.1) is 6.54 Å². The zero-order valence-electron chi connectivity index (χ0n) is 17.2. The van der Waals surface area contributed by atoms with Gasteiger partial charge in [-0.05, 0) is 18.6 Å². The van der Waals surface area contributed by atoms with Crippen molar-refractivity contribution in [1.29, 1.82) is 0 Å². The molecule has 0 unspecified atom stereocenters. The van der Waals surface area contributed by atoms with E-state index in [0.29, 0.717) is 19.8 Å². The van der Waals surface area contributed by atoms with E-state index in [0.717, 1.165) is 50.0 Å². The molecule has 0 saturated heterocycles. The largest absolute Gasteiger partial charge is 0.492 e. The smallest absolute Gasteiger partial charge is 0.193 e. The molecule has 2 rings (SSSR count). The number of aliphatic imine (C=N–C) groups is 1. The number of aryl methyl sites for hydroxylation is 1. The molecule has 8 heteroatoms. The van der Waals surface area contributed by atoms with Gasteiger partial charge in [-0.15, -0.1) is 10.2 Å². The number of methoxy groups -OCH3 is 1. The summed E-state index contributed by atoms with van der Waals surface area (Å²) >= 11 is 0. The van der Waals surface area contributed by atoms with Crippen LogP contribution in [0, 0.1) is 0 Å². The molecule has 1 heterocycles. The number of guanidine groups is 1. The minimum absolute atomic E-state index is 0.588. The van der Waals surface area contributed by atoms with Crippen molar-refractivity contribution in [1.82, 2.24) is 25.0 Å². The van der Waals surface area contributed by atoms with Gasteiger partial charge in [-0.3, -0.25) is 4.99 Å². The molecule has 0 fully saturated rings. The van der Waals surface area contributed by atoms with Crippen LogP contribution in [0.5, 0.6) is 5.75 Å². The summed E-state index contributed by atoms with van der Waals surface area (Å²) in [6.07, 6.45) is 3.53. The Kier molecular flexibility index (Phi) is 9.85. The van der Waals surface area contributed by atoms with Crippen molar-refractivity contribution in [3.8, 4) is 5.75 Å². The molecular weight excluding hydrogens is 356 g/mol. The first-order valence-electron chi connectivity index (χ1n) is 9.77. The third-order valence-corrected chi connectivity index (χ3v) is 4.22. The molecule has 0 saturated carbocycles. The molecule has 0 spiro atoms. The molecule has 0 amide bonds. The van der Waals surface area contributed by atoms with Crippen LogP contribution in [0.2, 0.25) is 0 Å². The van der Waals surface area contributed by atoms with E-state index >= 15 is 0 Å². The molecular formula is C20H32N6O2. The van der Waals surface area contributed by atoms with Crippen molar-refractivity contribution in [2.24, 2.45) is 4.99 Å². The van der Waals surface area contributed by atoms with Crippen molar-refractivity contribution < 1.29 is 9.47 Å². The van der Waals surface area contributed by atoms with Gasteiger partial charge in [0.25, 0.3) is 0 Å². The molecule has 0 aliphatic carbocycles. The quantitative estimate of drug-likeness (QED) is 0.340. The van der Waals surface area contributed by atoms with E-state index in [1.807, 2.05) is 37.4 Å². The van der Waals surface area contributed by atoms with Crippen LogP contribution in [0.25, 0.3) is 0 Å². The Labute approximate surface area is 167 Å². The molecule has 0 aliphatic rings. The van der Waals surface area contributed by atoms with Crippen LogP contribution in [0.4, 0.5) is 0 Å². The summed E-state index contributed by atoms with van der Waals surface area (Å²) in [6.45, 7) is 6.37. The summed E-state index contributed by atoms with van der Waals surface area (Å²) in [5.41, 5.74) is 0. The zero-order valence-corrected chi connectivity index (χ0v) is 17.2. The van der Waals surface area contributed by atoms with Gasteiger partial charge in [0.2, 0.25) is 0 Å². The average molecular weight is 389 g/mol. The van der Waals surface area contributed by atoms with Gasteiger partial charge in [-0.1, -0.05) is 25.1 Å². The number of aromatic nitrogens is 3. The Balaban J connectivity index is 1.84. The van der Waals surface area contributed by atoms with E-state index in [-0.39, 0.29) is 0 Å².